The largest absolute Gasteiger partial charge is 0.490 e. The van der Waals surface area contributed by atoms with E-state index in [1.165, 1.54) is 17.2 Å². The Morgan fingerprint density at radius 1 is 1.19 bits per heavy atom. The molecule has 136 valence electrons. The van der Waals surface area contributed by atoms with E-state index in [-0.39, 0.29) is 17.3 Å². The first-order valence-electron chi connectivity index (χ1n) is 8.54. The lowest BCUT2D eigenvalue weighted by Crippen LogP contribution is -2.37. The Hall–Kier alpha value is -3.03. The van der Waals surface area contributed by atoms with Crippen LogP contribution in [0.15, 0.2) is 33.9 Å². The number of rotatable bonds is 4. The number of nitrogens with zero attached hydrogens (tertiary/aromatic N) is 4. The maximum Gasteiger partial charge on any atom is 0.332 e. The zero-order valence-electron chi connectivity index (χ0n) is 14.9. The molecule has 0 fully saturated rings. The number of hydrogen-bond donors (Lipinski definition) is 0. The minimum Gasteiger partial charge on any atom is -0.490 e. The van der Waals surface area contributed by atoms with Gasteiger partial charge in [0.25, 0.3) is 11.6 Å². The molecule has 0 N–H and O–H groups in total. The van der Waals surface area contributed by atoms with Gasteiger partial charge in [0.05, 0.1) is 6.54 Å². The molecule has 0 saturated heterocycles. The van der Waals surface area contributed by atoms with Crippen LogP contribution >= 0.6 is 0 Å². The van der Waals surface area contributed by atoms with Gasteiger partial charge >= 0.3 is 5.69 Å². The molecular weight excluding hydrogens is 336 g/mol. The highest BCUT2D eigenvalue weighted by atomic mass is 16.6. The van der Waals surface area contributed by atoms with Crippen molar-refractivity contribution in [3.63, 3.8) is 0 Å². The highest BCUT2D eigenvalue weighted by Crippen LogP contribution is 2.26. The topological polar surface area (TPSA) is 80.3 Å². The van der Waals surface area contributed by atoms with Crippen LogP contribution in [0.4, 0.5) is 0 Å². The van der Waals surface area contributed by atoms with Gasteiger partial charge in [-0.15, -0.1) is 0 Å². The maximum absolute atomic E-state index is 12.2. The fourth-order valence-electron chi connectivity index (χ4n) is 3.21. The summed E-state index contributed by atoms with van der Waals surface area (Å²) >= 11 is 0. The molecule has 2 aromatic heterocycles. The second-order valence-electron chi connectivity index (χ2n) is 6.43. The average Bonchev–Trinajstić information content (AvgIpc) is 3.21. The molecule has 8 heteroatoms. The van der Waals surface area contributed by atoms with Gasteiger partial charge in [0.2, 0.25) is 0 Å². The van der Waals surface area contributed by atoms with Crippen molar-refractivity contribution in [2.24, 2.45) is 14.1 Å². The summed E-state index contributed by atoms with van der Waals surface area (Å²) in [5.74, 6) is 0.779. The zero-order chi connectivity index (χ0) is 18.4. The van der Waals surface area contributed by atoms with Gasteiger partial charge in [0.1, 0.15) is 12.4 Å². The molecule has 1 atom stereocenters. The summed E-state index contributed by atoms with van der Waals surface area (Å²) in [6.07, 6.45) is 0.755. The van der Waals surface area contributed by atoms with Crippen molar-refractivity contribution >= 4 is 11.2 Å². The highest BCUT2D eigenvalue weighted by Gasteiger charge is 2.30. The summed E-state index contributed by atoms with van der Waals surface area (Å²) in [4.78, 5) is 28.7. The van der Waals surface area contributed by atoms with Crippen LogP contribution in [0.2, 0.25) is 0 Å². The summed E-state index contributed by atoms with van der Waals surface area (Å²) in [6, 6.07) is 8.29. The summed E-state index contributed by atoms with van der Waals surface area (Å²) in [6.45, 7) is 2.93. The molecule has 1 aliphatic rings. The van der Waals surface area contributed by atoms with E-state index in [1.54, 1.807) is 11.6 Å². The van der Waals surface area contributed by atoms with E-state index in [4.69, 9.17) is 9.47 Å². The summed E-state index contributed by atoms with van der Waals surface area (Å²) in [7, 11) is 3.06. The highest BCUT2D eigenvalue weighted by molar-refractivity contribution is 5.72. The monoisotopic (exact) mass is 356 g/mol. The molecule has 3 aromatic rings. The van der Waals surface area contributed by atoms with Crippen molar-refractivity contribution in [2.75, 3.05) is 6.61 Å². The third-order valence-electron chi connectivity index (χ3n) is 4.73. The number of ether oxygens (including phenoxy) is 2. The van der Waals surface area contributed by atoms with E-state index in [1.807, 2.05) is 24.3 Å². The Morgan fingerprint density at radius 2 is 1.92 bits per heavy atom. The quantitative estimate of drug-likeness (QED) is 0.692. The lowest BCUT2D eigenvalue weighted by molar-refractivity contribution is 0.144. The van der Waals surface area contributed by atoms with Crippen molar-refractivity contribution < 1.29 is 9.47 Å². The van der Waals surface area contributed by atoms with Crippen molar-refractivity contribution in [3.8, 4) is 11.8 Å². The van der Waals surface area contributed by atoms with E-state index in [0.29, 0.717) is 24.8 Å². The van der Waals surface area contributed by atoms with Crippen molar-refractivity contribution in [3.05, 3.63) is 50.7 Å². The third-order valence-corrected chi connectivity index (χ3v) is 4.73. The van der Waals surface area contributed by atoms with E-state index in [0.717, 1.165) is 16.7 Å². The van der Waals surface area contributed by atoms with Gasteiger partial charge in [0, 0.05) is 14.1 Å². The molecule has 0 spiro atoms. The number of fused-ring (bicyclic) bond motifs is 3. The molecule has 1 aromatic carbocycles. The average molecular weight is 356 g/mol. The molecule has 1 aliphatic heterocycles. The normalized spacial score (nSPS) is 15.9. The van der Waals surface area contributed by atoms with Gasteiger partial charge in [-0.25, -0.2) is 4.79 Å². The van der Waals surface area contributed by atoms with Gasteiger partial charge in [0.15, 0.2) is 17.3 Å². The molecule has 0 saturated carbocycles. The lowest BCUT2D eigenvalue weighted by Gasteiger charge is -2.12. The first-order chi connectivity index (χ1) is 12.5. The summed E-state index contributed by atoms with van der Waals surface area (Å²) in [5, 5.41) is 0. The predicted molar refractivity (Wildman–Crippen MR) is 95.9 cm³/mol. The van der Waals surface area contributed by atoms with E-state index in [2.05, 4.69) is 11.9 Å². The lowest BCUT2D eigenvalue weighted by atomic mass is 10.2. The number of hydrogen-bond acceptors (Lipinski definition) is 5. The minimum atomic E-state index is -0.419. The van der Waals surface area contributed by atoms with Crippen LogP contribution < -0.4 is 20.7 Å². The summed E-state index contributed by atoms with van der Waals surface area (Å²) in [5.41, 5.74) is 1.16. The molecule has 0 amide bonds. The molecule has 3 heterocycles. The van der Waals surface area contributed by atoms with Crippen LogP contribution in [0.3, 0.4) is 0 Å². The first-order valence-corrected chi connectivity index (χ1v) is 8.54. The van der Waals surface area contributed by atoms with Crippen molar-refractivity contribution in [1.82, 2.24) is 18.7 Å². The Kier molecular flexibility index (Phi) is 3.82. The Balaban J connectivity index is 1.56. The van der Waals surface area contributed by atoms with Gasteiger partial charge < -0.3 is 9.47 Å². The number of aromatic nitrogens is 4. The van der Waals surface area contributed by atoms with Gasteiger partial charge in [-0.05, 0) is 24.1 Å². The molecule has 0 aliphatic carbocycles. The second kappa shape index (κ2) is 6.05. The molecule has 26 heavy (non-hydrogen) atoms. The predicted octanol–water partition coefficient (Wildman–Crippen LogP) is 0.836. The standard InChI is InChI=1S/C18H20N4O4/c1-4-11-5-7-12(8-6-11)25-10-13-9-22-15-14(19-17(22)26-13)16(23)21(3)18(24)20(15)2/h5-8,13H,4,9-10H2,1-3H3. The molecular formula is C18H20N4O4. The van der Waals surface area contributed by atoms with E-state index in [9.17, 15) is 9.59 Å². The van der Waals surface area contributed by atoms with Crippen LogP contribution in [0.1, 0.15) is 12.5 Å². The zero-order valence-corrected chi connectivity index (χ0v) is 14.9. The SMILES string of the molecule is CCc1ccc(OCC2Cn3c(nc4c(=O)n(C)c(=O)n(C)c43)O2)cc1. The first kappa shape index (κ1) is 16.4. The van der Waals surface area contributed by atoms with Crippen molar-refractivity contribution in [2.45, 2.75) is 26.0 Å². The van der Waals surface area contributed by atoms with Gasteiger partial charge in [-0.1, -0.05) is 19.1 Å². The third kappa shape index (κ3) is 2.49. The Labute approximate surface area is 149 Å². The number of imidazole rings is 1. The molecule has 0 radical (unpaired) electrons. The molecule has 4 rings (SSSR count). The fraction of sp³-hybridized carbons (Fsp3) is 0.389. The van der Waals surface area contributed by atoms with Gasteiger partial charge in [-0.2, -0.15) is 4.98 Å². The molecule has 0 bridgehead atoms. The second-order valence-corrected chi connectivity index (χ2v) is 6.43. The molecule has 8 nitrogen and oxygen atoms in total. The minimum absolute atomic E-state index is 0.230. The number of aryl methyl sites for hydroxylation is 2. The van der Waals surface area contributed by atoms with Crippen LogP contribution in [0.25, 0.3) is 11.2 Å². The van der Waals surface area contributed by atoms with Crippen LogP contribution in [0, 0.1) is 0 Å². The molecule has 1 unspecified atom stereocenters. The maximum atomic E-state index is 12.2. The van der Waals surface area contributed by atoms with Gasteiger partial charge in [-0.3, -0.25) is 18.5 Å². The Bertz CT molecular complexity index is 1090. The van der Waals surface area contributed by atoms with Crippen LogP contribution in [-0.2, 0) is 27.1 Å². The Morgan fingerprint density at radius 3 is 2.62 bits per heavy atom. The van der Waals surface area contributed by atoms with Crippen molar-refractivity contribution in [1.29, 1.82) is 0 Å². The van der Waals surface area contributed by atoms with Crippen LogP contribution in [-0.4, -0.2) is 31.4 Å². The number of benzene rings is 1. The van der Waals surface area contributed by atoms with E-state index >= 15 is 0 Å². The van der Waals surface area contributed by atoms with E-state index < -0.39 is 5.56 Å². The summed E-state index contributed by atoms with van der Waals surface area (Å²) < 4.78 is 15.8. The van der Waals surface area contributed by atoms with Crippen LogP contribution in [0.5, 0.6) is 11.8 Å². The fourth-order valence-corrected chi connectivity index (χ4v) is 3.21. The smallest absolute Gasteiger partial charge is 0.332 e.